The minimum Gasteiger partial charge on any atom is -0.326 e. The number of hydrogen-bond donors (Lipinski definition) is 2. The molecular weight excluding hydrogens is 305 g/mol. The number of nitrogens with one attached hydrogen (secondary N) is 1. The summed E-state index contributed by atoms with van der Waals surface area (Å²) in [5, 5.41) is 0.141. The Bertz CT molecular complexity index is 737. The van der Waals surface area contributed by atoms with Crippen LogP contribution in [0.4, 0.5) is 10.2 Å². The molecule has 0 fully saturated rings. The smallest absolute Gasteiger partial charge is 0.263 e. The van der Waals surface area contributed by atoms with Crippen LogP contribution in [-0.4, -0.2) is 13.4 Å². The number of nitrogens with two attached hydrogens (primary N) is 1. The van der Waals surface area contributed by atoms with E-state index in [0.29, 0.717) is 5.56 Å². The lowest BCUT2D eigenvalue weighted by Gasteiger charge is -2.11. The van der Waals surface area contributed by atoms with E-state index in [1.54, 1.807) is 6.07 Å². The number of aromatic nitrogens is 1. The number of hydrogen-bond acceptors (Lipinski definition) is 4. The summed E-state index contributed by atoms with van der Waals surface area (Å²) in [4.78, 5) is 3.59. The molecule has 5 nitrogen and oxygen atoms in total. The number of benzene rings is 1. The van der Waals surface area contributed by atoms with Gasteiger partial charge >= 0.3 is 0 Å². The van der Waals surface area contributed by atoms with Gasteiger partial charge in [0.05, 0.1) is 9.92 Å². The van der Waals surface area contributed by atoms with E-state index in [0.717, 1.165) is 12.1 Å². The van der Waals surface area contributed by atoms with E-state index in [-0.39, 0.29) is 22.3 Å². The summed E-state index contributed by atoms with van der Waals surface area (Å²) in [6.07, 6.45) is 1.39. The van der Waals surface area contributed by atoms with Crippen LogP contribution < -0.4 is 10.5 Å². The number of anilines is 1. The Balaban J connectivity index is 2.46. The Morgan fingerprint density at radius 2 is 2.10 bits per heavy atom. The van der Waals surface area contributed by atoms with Crippen LogP contribution >= 0.6 is 11.6 Å². The molecule has 0 spiro atoms. The number of pyridine rings is 1. The molecule has 106 valence electrons. The van der Waals surface area contributed by atoms with E-state index < -0.39 is 15.8 Å². The van der Waals surface area contributed by atoms with E-state index >= 15 is 0 Å². The first kappa shape index (κ1) is 14.7. The molecule has 1 aromatic heterocycles. The molecule has 0 saturated heterocycles. The van der Waals surface area contributed by atoms with E-state index in [2.05, 4.69) is 9.71 Å². The summed E-state index contributed by atoms with van der Waals surface area (Å²) in [7, 11) is -4.02. The first-order valence-corrected chi connectivity index (χ1v) is 7.42. The van der Waals surface area contributed by atoms with Crippen LogP contribution in [0.25, 0.3) is 0 Å². The average Bonchev–Trinajstić information content (AvgIpc) is 2.41. The molecule has 0 aliphatic carbocycles. The Kier molecular flexibility index (Phi) is 4.22. The van der Waals surface area contributed by atoms with E-state index in [4.69, 9.17) is 17.3 Å². The summed E-state index contributed by atoms with van der Waals surface area (Å²) < 4.78 is 40.0. The maximum Gasteiger partial charge on any atom is 0.263 e. The fourth-order valence-corrected chi connectivity index (χ4v) is 3.11. The molecule has 0 saturated carbocycles. The van der Waals surface area contributed by atoms with Crippen LogP contribution in [-0.2, 0) is 16.6 Å². The minimum atomic E-state index is -4.02. The monoisotopic (exact) mass is 315 g/mol. The second kappa shape index (κ2) is 5.74. The molecule has 0 unspecified atom stereocenters. The number of nitrogens with zero attached hydrogens (tertiary/aromatic N) is 1. The van der Waals surface area contributed by atoms with Gasteiger partial charge in [-0.2, -0.15) is 0 Å². The SMILES string of the molecule is NCc1ccc(F)cc1S(=O)(=O)Nc1ncccc1Cl. The van der Waals surface area contributed by atoms with Crippen molar-refractivity contribution < 1.29 is 12.8 Å². The number of sulfonamides is 1. The molecule has 3 N–H and O–H groups in total. The fraction of sp³-hybridized carbons (Fsp3) is 0.0833. The lowest BCUT2D eigenvalue weighted by atomic mass is 10.2. The van der Waals surface area contributed by atoms with E-state index in [1.807, 2.05) is 0 Å². The van der Waals surface area contributed by atoms with Gasteiger partial charge in [-0.25, -0.2) is 17.8 Å². The average molecular weight is 316 g/mol. The van der Waals surface area contributed by atoms with Gasteiger partial charge in [0.25, 0.3) is 10.0 Å². The van der Waals surface area contributed by atoms with Crippen molar-refractivity contribution in [2.75, 3.05) is 4.72 Å². The molecule has 2 rings (SSSR count). The van der Waals surface area contributed by atoms with Gasteiger partial charge in [-0.1, -0.05) is 17.7 Å². The van der Waals surface area contributed by atoms with Crippen LogP contribution in [0.1, 0.15) is 5.56 Å². The van der Waals surface area contributed by atoms with Crippen molar-refractivity contribution in [1.29, 1.82) is 0 Å². The predicted molar refractivity (Wildman–Crippen MR) is 74.3 cm³/mol. The van der Waals surface area contributed by atoms with Crippen LogP contribution in [0.15, 0.2) is 41.4 Å². The highest BCUT2D eigenvalue weighted by Crippen LogP contribution is 2.23. The lowest BCUT2D eigenvalue weighted by molar-refractivity contribution is 0.593. The van der Waals surface area contributed by atoms with Gasteiger partial charge in [0.1, 0.15) is 5.82 Å². The van der Waals surface area contributed by atoms with Gasteiger partial charge in [-0.05, 0) is 29.8 Å². The van der Waals surface area contributed by atoms with Crippen molar-refractivity contribution in [3.8, 4) is 0 Å². The fourth-order valence-electron chi connectivity index (χ4n) is 1.59. The molecule has 0 amide bonds. The molecule has 0 radical (unpaired) electrons. The van der Waals surface area contributed by atoms with Gasteiger partial charge < -0.3 is 5.73 Å². The quantitative estimate of drug-likeness (QED) is 0.905. The number of rotatable bonds is 4. The zero-order valence-corrected chi connectivity index (χ0v) is 11.7. The van der Waals surface area contributed by atoms with Crippen molar-refractivity contribution in [2.24, 2.45) is 5.73 Å². The summed E-state index contributed by atoms with van der Waals surface area (Å²) in [6.45, 7) is -0.0352. The Labute approximate surface area is 120 Å². The summed E-state index contributed by atoms with van der Waals surface area (Å²) in [6, 6.07) is 6.43. The standard InChI is InChI=1S/C12H11ClFN3O2S/c13-10-2-1-5-16-12(10)17-20(18,19)11-6-9(14)4-3-8(11)7-15/h1-6H,7,15H2,(H,16,17). The molecule has 2 aromatic rings. The maximum atomic E-state index is 13.3. The van der Waals surface area contributed by atoms with Gasteiger partial charge in [-0.3, -0.25) is 4.72 Å². The summed E-state index contributed by atoms with van der Waals surface area (Å²) in [5.74, 6) is -0.698. The molecule has 0 bridgehead atoms. The molecule has 8 heteroatoms. The topological polar surface area (TPSA) is 85.1 Å². The largest absolute Gasteiger partial charge is 0.326 e. The Morgan fingerprint density at radius 1 is 1.35 bits per heavy atom. The number of halogens is 2. The molecule has 1 aromatic carbocycles. The maximum absolute atomic E-state index is 13.3. The van der Waals surface area contributed by atoms with Gasteiger partial charge in [0, 0.05) is 12.7 Å². The third-order valence-electron chi connectivity index (χ3n) is 2.53. The second-order valence-electron chi connectivity index (χ2n) is 3.90. The van der Waals surface area contributed by atoms with Crippen LogP contribution in [0.5, 0.6) is 0 Å². The van der Waals surface area contributed by atoms with Gasteiger partial charge in [0.2, 0.25) is 0 Å². The van der Waals surface area contributed by atoms with Gasteiger partial charge in [-0.15, -0.1) is 0 Å². The van der Waals surface area contributed by atoms with Crippen molar-refractivity contribution in [3.63, 3.8) is 0 Å². The van der Waals surface area contributed by atoms with E-state index in [9.17, 15) is 12.8 Å². The Hall–Kier alpha value is -1.70. The molecule has 1 heterocycles. The first-order chi connectivity index (χ1) is 9.44. The summed E-state index contributed by atoms with van der Waals surface area (Å²) >= 11 is 5.83. The minimum absolute atomic E-state index is 0.0265. The van der Waals surface area contributed by atoms with Gasteiger partial charge in [0.15, 0.2) is 5.82 Å². The van der Waals surface area contributed by atoms with Crippen LogP contribution in [0.3, 0.4) is 0 Å². The van der Waals surface area contributed by atoms with Crippen LogP contribution in [0, 0.1) is 5.82 Å². The van der Waals surface area contributed by atoms with Crippen LogP contribution in [0.2, 0.25) is 5.02 Å². The molecule has 0 aliphatic rings. The highest BCUT2D eigenvalue weighted by molar-refractivity contribution is 7.92. The van der Waals surface area contributed by atoms with Crippen molar-refractivity contribution in [3.05, 3.63) is 52.9 Å². The predicted octanol–water partition coefficient (Wildman–Crippen LogP) is 2.13. The molecular formula is C12H11ClFN3O2S. The highest BCUT2D eigenvalue weighted by Gasteiger charge is 2.20. The van der Waals surface area contributed by atoms with E-state index in [1.165, 1.54) is 18.3 Å². The zero-order chi connectivity index (χ0) is 14.8. The lowest BCUT2D eigenvalue weighted by Crippen LogP contribution is -2.17. The zero-order valence-electron chi connectivity index (χ0n) is 10.2. The highest BCUT2D eigenvalue weighted by atomic mass is 35.5. The second-order valence-corrected chi connectivity index (χ2v) is 5.95. The summed E-state index contributed by atoms with van der Waals surface area (Å²) in [5.41, 5.74) is 5.76. The molecule has 20 heavy (non-hydrogen) atoms. The molecule has 0 atom stereocenters. The third-order valence-corrected chi connectivity index (χ3v) is 4.25. The first-order valence-electron chi connectivity index (χ1n) is 5.56. The van der Waals surface area contributed by atoms with Crippen molar-refractivity contribution >= 4 is 27.4 Å². The van der Waals surface area contributed by atoms with Crippen molar-refractivity contribution in [1.82, 2.24) is 4.98 Å². The normalized spacial score (nSPS) is 11.3. The Morgan fingerprint density at radius 3 is 2.75 bits per heavy atom. The third kappa shape index (κ3) is 3.06. The molecule has 0 aliphatic heterocycles. The van der Waals surface area contributed by atoms with Crippen molar-refractivity contribution in [2.45, 2.75) is 11.4 Å².